The monoisotopic (exact) mass is 224 g/mol. The number of rotatable bonds is 2. The zero-order valence-corrected chi connectivity index (χ0v) is 9.76. The number of fused-ring (bicyclic) bond motifs is 1. The predicted octanol–water partition coefficient (Wildman–Crippen LogP) is 2.83. The van der Waals surface area contributed by atoms with E-state index in [9.17, 15) is 0 Å². The first kappa shape index (κ1) is 10.2. The van der Waals surface area contributed by atoms with Crippen LogP contribution in [0.1, 0.15) is 11.1 Å². The lowest BCUT2D eigenvalue weighted by Crippen LogP contribution is -2.19. The Morgan fingerprint density at radius 2 is 1.76 bits per heavy atom. The van der Waals surface area contributed by atoms with Crippen molar-refractivity contribution < 1.29 is 0 Å². The quantitative estimate of drug-likeness (QED) is 0.795. The Morgan fingerprint density at radius 3 is 2.59 bits per heavy atom. The van der Waals surface area contributed by atoms with Crippen molar-refractivity contribution in [1.29, 1.82) is 0 Å². The fraction of sp³-hybridized carbons (Fsp3) is 0.200. The number of nitrogens with two attached hydrogens (primary N) is 1. The van der Waals surface area contributed by atoms with E-state index in [0.717, 1.165) is 25.2 Å². The number of hydrogen-bond donors (Lipinski definition) is 1. The number of benzene rings is 2. The molecule has 1 heterocycles. The molecule has 0 aliphatic carbocycles. The van der Waals surface area contributed by atoms with Crippen molar-refractivity contribution in [2.24, 2.45) is 0 Å². The summed E-state index contributed by atoms with van der Waals surface area (Å²) in [6, 6.07) is 16.8. The van der Waals surface area contributed by atoms with Crippen LogP contribution in [0.4, 0.5) is 11.4 Å². The van der Waals surface area contributed by atoms with Crippen LogP contribution in [-0.2, 0) is 13.0 Å². The summed E-state index contributed by atoms with van der Waals surface area (Å²) in [5, 5.41) is 0. The summed E-state index contributed by atoms with van der Waals surface area (Å²) in [7, 11) is 0. The van der Waals surface area contributed by atoms with Gasteiger partial charge >= 0.3 is 0 Å². The van der Waals surface area contributed by atoms with Crippen molar-refractivity contribution in [3.63, 3.8) is 0 Å². The Bertz CT molecular complexity index is 517. The van der Waals surface area contributed by atoms with E-state index >= 15 is 0 Å². The highest BCUT2D eigenvalue weighted by Crippen LogP contribution is 2.28. The van der Waals surface area contributed by atoms with E-state index in [1.165, 1.54) is 16.8 Å². The zero-order chi connectivity index (χ0) is 11.7. The van der Waals surface area contributed by atoms with Gasteiger partial charge in [-0.05, 0) is 35.7 Å². The third kappa shape index (κ3) is 1.98. The molecular weight excluding hydrogens is 208 g/mol. The summed E-state index contributed by atoms with van der Waals surface area (Å²) in [5.41, 5.74) is 10.7. The van der Waals surface area contributed by atoms with E-state index < -0.39 is 0 Å². The van der Waals surface area contributed by atoms with Crippen LogP contribution in [0.3, 0.4) is 0 Å². The fourth-order valence-electron chi connectivity index (χ4n) is 2.41. The Morgan fingerprint density at radius 1 is 1.00 bits per heavy atom. The normalized spacial score (nSPS) is 13.8. The molecule has 0 radical (unpaired) electrons. The lowest BCUT2D eigenvalue weighted by Gasteiger charge is -2.19. The molecule has 0 spiro atoms. The largest absolute Gasteiger partial charge is 0.399 e. The molecule has 17 heavy (non-hydrogen) atoms. The van der Waals surface area contributed by atoms with Gasteiger partial charge in [0.25, 0.3) is 0 Å². The van der Waals surface area contributed by atoms with Crippen LogP contribution in [0.25, 0.3) is 0 Å². The van der Waals surface area contributed by atoms with E-state index in [-0.39, 0.29) is 0 Å². The second-order valence-electron chi connectivity index (χ2n) is 4.54. The van der Waals surface area contributed by atoms with Gasteiger partial charge in [-0.1, -0.05) is 30.3 Å². The average Bonchev–Trinajstić information content (AvgIpc) is 2.76. The van der Waals surface area contributed by atoms with Crippen LogP contribution in [0, 0.1) is 0 Å². The molecule has 0 saturated heterocycles. The van der Waals surface area contributed by atoms with Crippen molar-refractivity contribution in [3.8, 4) is 0 Å². The molecule has 0 saturated carbocycles. The maximum Gasteiger partial charge on any atom is 0.0429 e. The molecule has 1 aliphatic rings. The van der Waals surface area contributed by atoms with E-state index in [1.807, 2.05) is 12.1 Å². The number of nitrogens with zero attached hydrogens (tertiary/aromatic N) is 1. The number of anilines is 2. The first-order valence-corrected chi connectivity index (χ1v) is 6.00. The Hall–Kier alpha value is -1.96. The van der Waals surface area contributed by atoms with Crippen LogP contribution < -0.4 is 10.6 Å². The van der Waals surface area contributed by atoms with Gasteiger partial charge < -0.3 is 10.6 Å². The molecule has 2 nitrogen and oxygen atoms in total. The third-order valence-corrected chi connectivity index (χ3v) is 3.34. The van der Waals surface area contributed by atoms with Crippen LogP contribution >= 0.6 is 0 Å². The van der Waals surface area contributed by atoms with Crippen LogP contribution in [-0.4, -0.2) is 6.54 Å². The zero-order valence-electron chi connectivity index (χ0n) is 9.76. The Labute approximate surface area is 102 Å². The molecule has 2 aromatic carbocycles. The summed E-state index contributed by atoms with van der Waals surface area (Å²) in [5.74, 6) is 0. The lowest BCUT2D eigenvalue weighted by molar-refractivity contribution is 0.836. The van der Waals surface area contributed by atoms with Crippen LogP contribution in [0.15, 0.2) is 48.5 Å². The average molecular weight is 224 g/mol. The molecule has 0 fully saturated rings. The molecule has 2 aromatic rings. The van der Waals surface area contributed by atoms with Crippen molar-refractivity contribution in [2.45, 2.75) is 13.0 Å². The highest BCUT2D eigenvalue weighted by molar-refractivity contribution is 5.58. The van der Waals surface area contributed by atoms with E-state index in [4.69, 9.17) is 5.73 Å². The number of para-hydroxylation sites is 1. The summed E-state index contributed by atoms with van der Waals surface area (Å²) >= 11 is 0. The van der Waals surface area contributed by atoms with E-state index in [2.05, 4.69) is 41.3 Å². The van der Waals surface area contributed by atoms with E-state index in [0.29, 0.717) is 0 Å². The molecule has 0 atom stereocenters. The second-order valence-corrected chi connectivity index (χ2v) is 4.54. The highest BCUT2D eigenvalue weighted by atomic mass is 15.1. The lowest BCUT2D eigenvalue weighted by atomic mass is 10.1. The van der Waals surface area contributed by atoms with Crippen molar-refractivity contribution >= 4 is 11.4 Å². The predicted molar refractivity (Wildman–Crippen MR) is 72.1 cm³/mol. The smallest absolute Gasteiger partial charge is 0.0429 e. The molecule has 0 aromatic heterocycles. The molecule has 2 heteroatoms. The first-order chi connectivity index (χ1) is 8.33. The van der Waals surface area contributed by atoms with Crippen LogP contribution in [0.5, 0.6) is 0 Å². The minimum Gasteiger partial charge on any atom is -0.399 e. The molecule has 0 bridgehead atoms. The Kier molecular flexibility index (Phi) is 2.48. The maximum atomic E-state index is 5.70. The minimum absolute atomic E-state index is 0.829. The summed E-state index contributed by atoms with van der Waals surface area (Å²) in [6.45, 7) is 2.08. The molecule has 1 aliphatic heterocycles. The molecule has 2 N–H and O–H groups in total. The van der Waals surface area contributed by atoms with E-state index in [1.54, 1.807) is 0 Å². The fourth-order valence-corrected chi connectivity index (χ4v) is 2.41. The first-order valence-electron chi connectivity index (χ1n) is 6.00. The Balaban J connectivity index is 1.81. The molecule has 0 unspecified atom stereocenters. The molecule has 3 rings (SSSR count). The topological polar surface area (TPSA) is 29.3 Å². The molecule has 0 amide bonds. The standard InChI is InChI=1S/C15H16N2/c16-14-7-5-12(6-8-14)11-17-10-9-13-3-1-2-4-15(13)17/h1-8H,9-11,16H2. The van der Waals surface area contributed by atoms with Crippen molar-refractivity contribution in [2.75, 3.05) is 17.2 Å². The van der Waals surface area contributed by atoms with Crippen molar-refractivity contribution in [1.82, 2.24) is 0 Å². The summed E-state index contributed by atoms with van der Waals surface area (Å²) < 4.78 is 0. The maximum absolute atomic E-state index is 5.70. The van der Waals surface area contributed by atoms with Gasteiger partial charge in [0.1, 0.15) is 0 Å². The van der Waals surface area contributed by atoms with Gasteiger partial charge in [-0.25, -0.2) is 0 Å². The summed E-state index contributed by atoms with van der Waals surface area (Å²) in [4.78, 5) is 2.43. The molecule has 86 valence electrons. The van der Waals surface area contributed by atoms with Gasteiger partial charge in [0.15, 0.2) is 0 Å². The van der Waals surface area contributed by atoms with Gasteiger partial charge in [-0.3, -0.25) is 0 Å². The number of nitrogen functional groups attached to an aromatic ring is 1. The van der Waals surface area contributed by atoms with Gasteiger partial charge in [0.05, 0.1) is 0 Å². The highest BCUT2D eigenvalue weighted by Gasteiger charge is 2.17. The van der Waals surface area contributed by atoms with Gasteiger partial charge in [0, 0.05) is 24.5 Å². The molecular formula is C15H16N2. The van der Waals surface area contributed by atoms with Gasteiger partial charge in [-0.15, -0.1) is 0 Å². The number of hydrogen-bond acceptors (Lipinski definition) is 2. The summed E-state index contributed by atoms with van der Waals surface area (Å²) in [6.07, 6.45) is 1.16. The SMILES string of the molecule is Nc1ccc(CN2CCc3ccccc32)cc1. The minimum atomic E-state index is 0.829. The van der Waals surface area contributed by atoms with Crippen LogP contribution in [0.2, 0.25) is 0 Å². The van der Waals surface area contributed by atoms with Crippen molar-refractivity contribution in [3.05, 3.63) is 59.7 Å². The second kappa shape index (κ2) is 4.13. The van der Waals surface area contributed by atoms with Gasteiger partial charge in [-0.2, -0.15) is 0 Å². The third-order valence-electron chi connectivity index (χ3n) is 3.34. The van der Waals surface area contributed by atoms with Gasteiger partial charge in [0.2, 0.25) is 0 Å².